The minimum atomic E-state index is -0.458. The number of nitro benzene ring substituents is 1. The second kappa shape index (κ2) is 9.39. The van der Waals surface area contributed by atoms with E-state index in [1.807, 2.05) is 42.5 Å². The van der Waals surface area contributed by atoms with Crippen molar-refractivity contribution in [3.05, 3.63) is 105 Å². The molecule has 1 aliphatic carbocycles. The molecule has 8 nitrogen and oxygen atoms in total. The minimum absolute atomic E-state index is 0.00829. The van der Waals surface area contributed by atoms with Crippen LogP contribution in [0.4, 0.5) is 5.69 Å². The number of rotatable bonds is 5. The zero-order valence-corrected chi connectivity index (χ0v) is 19.8. The zero-order valence-electron chi connectivity index (χ0n) is 19.8. The molecule has 4 aromatic rings. The van der Waals surface area contributed by atoms with E-state index in [0.717, 1.165) is 51.9 Å². The van der Waals surface area contributed by atoms with Crippen molar-refractivity contribution in [2.45, 2.75) is 25.9 Å². The van der Waals surface area contributed by atoms with Crippen molar-refractivity contribution in [1.29, 1.82) is 0 Å². The lowest BCUT2D eigenvalue weighted by molar-refractivity contribution is -0.384. The van der Waals surface area contributed by atoms with Crippen LogP contribution in [0.25, 0.3) is 22.6 Å². The summed E-state index contributed by atoms with van der Waals surface area (Å²) in [6.07, 6.45) is 4.53. The third kappa shape index (κ3) is 4.38. The van der Waals surface area contributed by atoms with Crippen molar-refractivity contribution in [2.24, 2.45) is 0 Å². The Balaban J connectivity index is 1.36. The van der Waals surface area contributed by atoms with E-state index < -0.39 is 10.9 Å². The first kappa shape index (κ1) is 22.7. The number of carbonyl (C=O) groups is 1. The summed E-state index contributed by atoms with van der Waals surface area (Å²) in [4.78, 5) is 28.9. The van der Waals surface area contributed by atoms with Gasteiger partial charge in [0.05, 0.1) is 21.7 Å². The number of benzene rings is 3. The number of aromatic nitrogens is 1. The molecule has 37 heavy (non-hydrogen) atoms. The number of pyridine rings is 1. The number of esters is 1. The average Bonchev–Trinajstić information content (AvgIpc) is 3.39. The first-order valence-electron chi connectivity index (χ1n) is 12.0. The van der Waals surface area contributed by atoms with Crippen LogP contribution in [-0.4, -0.2) is 22.7 Å². The van der Waals surface area contributed by atoms with Gasteiger partial charge in [-0.3, -0.25) is 10.1 Å². The lowest BCUT2D eigenvalue weighted by Gasteiger charge is -2.22. The van der Waals surface area contributed by atoms with Crippen LogP contribution in [0.2, 0.25) is 0 Å². The summed E-state index contributed by atoms with van der Waals surface area (Å²) >= 11 is 0. The number of nitrogens with zero attached hydrogens (tertiary/aromatic N) is 2. The average molecular weight is 495 g/mol. The highest BCUT2D eigenvalue weighted by atomic mass is 16.7. The summed E-state index contributed by atoms with van der Waals surface area (Å²) in [6, 6.07) is 19.4. The van der Waals surface area contributed by atoms with Crippen LogP contribution in [0.3, 0.4) is 0 Å². The number of non-ortho nitro benzene ring substituents is 1. The summed E-state index contributed by atoms with van der Waals surface area (Å²) in [6.45, 7) is 0.235. The van der Waals surface area contributed by atoms with Crippen molar-refractivity contribution in [3.63, 3.8) is 0 Å². The van der Waals surface area contributed by atoms with Gasteiger partial charge in [-0.15, -0.1) is 0 Å². The summed E-state index contributed by atoms with van der Waals surface area (Å²) in [7, 11) is 0. The fraction of sp³-hybridized carbons (Fsp3) is 0.172. The van der Waals surface area contributed by atoms with E-state index >= 15 is 0 Å². The Morgan fingerprint density at radius 3 is 2.68 bits per heavy atom. The maximum Gasteiger partial charge on any atom is 0.339 e. The number of para-hydroxylation sites is 1. The monoisotopic (exact) mass is 494 g/mol. The normalized spacial score (nSPS) is 15.0. The van der Waals surface area contributed by atoms with Gasteiger partial charge in [0.2, 0.25) is 6.79 Å². The fourth-order valence-corrected chi connectivity index (χ4v) is 4.85. The van der Waals surface area contributed by atoms with Crippen LogP contribution in [0.5, 0.6) is 11.5 Å². The van der Waals surface area contributed by atoms with Gasteiger partial charge in [0.25, 0.3) is 5.69 Å². The van der Waals surface area contributed by atoms with Crippen molar-refractivity contribution in [2.75, 3.05) is 6.79 Å². The van der Waals surface area contributed by atoms with Crippen molar-refractivity contribution >= 4 is 34.2 Å². The van der Waals surface area contributed by atoms with Gasteiger partial charge in [-0.2, -0.15) is 0 Å². The highest BCUT2D eigenvalue weighted by Crippen LogP contribution is 2.38. The van der Waals surface area contributed by atoms with Gasteiger partial charge in [0, 0.05) is 17.5 Å². The molecule has 0 saturated carbocycles. The molecule has 0 bridgehead atoms. The molecule has 0 spiro atoms. The molecule has 0 unspecified atom stereocenters. The maximum atomic E-state index is 13.5. The highest BCUT2D eigenvalue weighted by Gasteiger charge is 2.26. The fourth-order valence-electron chi connectivity index (χ4n) is 4.85. The Kier molecular flexibility index (Phi) is 5.76. The molecule has 2 heterocycles. The number of carbonyl (C=O) groups excluding carboxylic acids is 1. The third-order valence-corrected chi connectivity index (χ3v) is 6.63. The Bertz CT molecular complexity index is 1580. The quantitative estimate of drug-likeness (QED) is 0.188. The third-order valence-electron chi connectivity index (χ3n) is 6.63. The summed E-state index contributed by atoms with van der Waals surface area (Å²) in [5.74, 6) is 1.01. The summed E-state index contributed by atoms with van der Waals surface area (Å²) < 4.78 is 16.7. The lowest BCUT2D eigenvalue weighted by atomic mass is 9.86. The van der Waals surface area contributed by atoms with Crippen molar-refractivity contribution in [3.8, 4) is 11.5 Å². The van der Waals surface area contributed by atoms with Crippen LogP contribution in [-0.2, 0) is 17.8 Å². The number of fused-ring (bicyclic) bond motifs is 3. The predicted octanol–water partition coefficient (Wildman–Crippen LogP) is 6.11. The first-order valence-corrected chi connectivity index (χ1v) is 12.0. The molecule has 2 aliphatic rings. The van der Waals surface area contributed by atoms with E-state index in [-0.39, 0.29) is 19.1 Å². The van der Waals surface area contributed by atoms with E-state index in [1.165, 1.54) is 12.1 Å². The van der Waals surface area contributed by atoms with Gasteiger partial charge in [-0.1, -0.05) is 24.3 Å². The van der Waals surface area contributed by atoms with Crippen molar-refractivity contribution < 1.29 is 23.9 Å². The Hall–Kier alpha value is -4.72. The Morgan fingerprint density at radius 2 is 1.84 bits per heavy atom. The molecule has 0 atom stereocenters. The molecule has 1 aromatic heterocycles. The first-order chi connectivity index (χ1) is 18.1. The number of ether oxygens (including phenoxy) is 3. The predicted molar refractivity (Wildman–Crippen MR) is 137 cm³/mol. The van der Waals surface area contributed by atoms with Crippen LogP contribution in [0, 0.1) is 10.1 Å². The second-order valence-electron chi connectivity index (χ2n) is 8.97. The highest BCUT2D eigenvalue weighted by molar-refractivity contribution is 6.06. The van der Waals surface area contributed by atoms with E-state index in [1.54, 1.807) is 12.1 Å². The van der Waals surface area contributed by atoms with E-state index in [9.17, 15) is 14.9 Å². The maximum absolute atomic E-state index is 13.5. The molecule has 0 radical (unpaired) electrons. The summed E-state index contributed by atoms with van der Waals surface area (Å²) in [5, 5.41) is 11.7. The van der Waals surface area contributed by atoms with Gasteiger partial charge in [0.15, 0.2) is 11.5 Å². The van der Waals surface area contributed by atoms with Gasteiger partial charge in [0.1, 0.15) is 6.61 Å². The summed E-state index contributed by atoms with van der Waals surface area (Å²) in [5.41, 5.74) is 5.64. The Morgan fingerprint density at radius 1 is 1.03 bits per heavy atom. The molecule has 184 valence electrons. The zero-order chi connectivity index (χ0) is 25.4. The van der Waals surface area contributed by atoms with E-state index in [2.05, 4.69) is 6.08 Å². The molecule has 0 amide bonds. The molecule has 3 aromatic carbocycles. The largest absolute Gasteiger partial charge is 0.457 e. The van der Waals surface area contributed by atoms with Gasteiger partial charge in [-0.25, -0.2) is 9.78 Å². The van der Waals surface area contributed by atoms with E-state index in [4.69, 9.17) is 19.2 Å². The number of nitro groups is 1. The molecule has 6 rings (SSSR count). The lowest BCUT2D eigenvalue weighted by Crippen LogP contribution is -2.15. The van der Waals surface area contributed by atoms with Crippen LogP contribution >= 0.6 is 0 Å². The van der Waals surface area contributed by atoms with Crippen LogP contribution in [0.15, 0.2) is 66.7 Å². The Labute approximate surface area is 212 Å². The molecule has 0 fully saturated rings. The van der Waals surface area contributed by atoms with Crippen molar-refractivity contribution in [1.82, 2.24) is 4.98 Å². The van der Waals surface area contributed by atoms with Crippen LogP contribution < -0.4 is 9.47 Å². The second-order valence-corrected chi connectivity index (χ2v) is 8.97. The van der Waals surface area contributed by atoms with Gasteiger partial charge >= 0.3 is 5.97 Å². The number of hydrogen-bond acceptors (Lipinski definition) is 7. The van der Waals surface area contributed by atoms with Gasteiger partial charge in [-0.05, 0) is 77.9 Å². The molecular weight excluding hydrogens is 472 g/mol. The minimum Gasteiger partial charge on any atom is -0.457 e. The molecule has 8 heteroatoms. The SMILES string of the molecule is O=C(OCc1ccc([N+](=O)[O-])cc1)c1c2c(nc3ccccc13)C(=Cc1ccc3c(c1)OCO3)CCC2. The molecule has 0 saturated heterocycles. The smallest absolute Gasteiger partial charge is 0.339 e. The molecule has 0 N–H and O–H groups in total. The van der Waals surface area contributed by atoms with Gasteiger partial charge < -0.3 is 14.2 Å². The standard InChI is InChI=1S/C29H22N2O6/c32-29(35-16-18-8-11-21(12-9-18)31(33)34)27-22-5-1-2-7-24(22)30-28-20(4-3-6-23(27)28)14-19-10-13-25-26(15-19)37-17-36-25/h1-2,5,7-15H,3-4,6,16-17H2. The number of allylic oxidation sites excluding steroid dienone is 1. The number of hydrogen-bond donors (Lipinski definition) is 0. The molecule has 1 aliphatic heterocycles. The van der Waals surface area contributed by atoms with Crippen LogP contribution in [0.1, 0.15) is 45.6 Å². The topological polar surface area (TPSA) is 101 Å². The molecular formula is C29H22N2O6. The van der Waals surface area contributed by atoms with E-state index in [0.29, 0.717) is 23.3 Å².